The maximum atomic E-state index is 10.0. The number of hydrogen-bond acceptors (Lipinski definition) is 1. The van der Waals surface area contributed by atoms with Gasteiger partial charge in [0.25, 0.3) is 0 Å². The number of hydrogen-bond donors (Lipinski definition) is 1. The van der Waals surface area contributed by atoms with Crippen molar-refractivity contribution in [3.8, 4) is 0 Å². The normalized spacial score (nSPS) is 26.9. The van der Waals surface area contributed by atoms with E-state index in [-0.39, 0.29) is 5.41 Å². The Balaban J connectivity index is 2.08. The van der Waals surface area contributed by atoms with Gasteiger partial charge in [-0.25, -0.2) is 0 Å². The second-order valence-electron chi connectivity index (χ2n) is 8.39. The average molecular weight is 288 g/mol. The van der Waals surface area contributed by atoms with E-state index in [4.69, 9.17) is 0 Å². The second kappa shape index (κ2) is 6.12. The fraction of sp³-hybridized carbons (Fsp3) is 0.700. The summed E-state index contributed by atoms with van der Waals surface area (Å²) in [6.45, 7) is 11.7. The van der Waals surface area contributed by atoms with Gasteiger partial charge in [-0.15, -0.1) is 0 Å². The lowest BCUT2D eigenvalue weighted by Gasteiger charge is -2.43. The van der Waals surface area contributed by atoms with E-state index in [9.17, 15) is 5.11 Å². The van der Waals surface area contributed by atoms with Gasteiger partial charge in [0.15, 0.2) is 0 Å². The van der Waals surface area contributed by atoms with E-state index >= 15 is 0 Å². The standard InChI is InChI=1S/C20H32O/c1-15-6-7-17(12-16(15)2)13-20(14-21)10-8-18(9-11-20)19(3,4)5/h6-7,12,18,21H,8-11,13-14H2,1-5H3. The number of aryl methyl sites for hydroxylation is 2. The Morgan fingerprint density at radius 3 is 2.19 bits per heavy atom. The molecular weight excluding hydrogens is 256 g/mol. The maximum absolute atomic E-state index is 10.0. The molecule has 118 valence electrons. The Kier molecular flexibility index (Phi) is 4.82. The summed E-state index contributed by atoms with van der Waals surface area (Å²) in [6.07, 6.45) is 5.88. The Morgan fingerprint density at radius 2 is 1.71 bits per heavy atom. The number of rotatable bonds is 3. The quantitative estimate of drug-likeness (QED) is 0.824. The molecule has 0 heterocycles. The zero-order chi connectivity index (χ0) is 15.7. The van der Waals surface area contributed by atoms with Gasteiger partial charge in [0.1, 0.15) is 0 Å². The predicted octanol–water partition coefficient (Wildman–Crippen LogP) is 5.06. The van der Waals surface area contributed by atoms with E-state index < -0.39 is 0 Å². The van der Waals surface area contributed by atoms with Crippen LogP contribution < -0.4 is 0 Å². The highest BCUT2D eigenvalue weighted by Crippen LogP contribution is 2.46. The molecule has 0 aliphatic heterocycles. The molecule has 0 unspecified atom stereocenters. The fourth-order valence-electron chi connectivity index (χ4n) is 3.83. The largest absolute Gasteiger partial charge is 0.396 e. The van der Waals surface area contributed by atoms with Crippen molar-refractivity contribution in [1.29, 1.82) is 0 Å². The van der Waals surface area contributed by atoms with E-state index in [0.29, 0.717) is 12.0 Å². The zero-order valence-corrected chi connectivity index (χ0v) is 14.5. The molecule has 0 atom stereocenters. The minimum absolute atomic E-state index is 0.115. The molecule has 21 heavy (non-hydrogen) atoms. The highest BCUT2D eigenvalue weighted by Gasteiger charge is 2.38. The molecule has 0 bridgehead atoms. The first-order valence-electron chi connectivity index (χ1n) is 8.43. The van der Waals surface area contributed by atoms with Gasteiger partial charge in [0.05, 0.1) is 0 Å². The molecule has 0 spiro atoms. The van der Waals surface area contributed by atoms with Crippen LogP contribution in [0.1, 0.15) is 63.1 Å². The minimum atomic E-state index is 0.115. The van der Waals surface area contributed by atoms with Gasteiger partial charge < -0.3 is 5.11 Å². The Morgan fingerprint density at radius 1 is 1.10 bits per heavy atom. The summed E-state index contributed by atoms with van der Waals surface area (Å²) in [5.74, 6) is 0.803. The van der Waals surface area contributed by atoms with Crippen LogP contribution in [-0.4, -0.2) is 11.7 Å². The summed E-state index contributed by atoms with van der Waals surface area (Å²) in [4.78, 5) is 0. The van der Waals surface area contributed by atoms with E-state index in [1.54, 1.807) is 0 Å². The molecule has 1 N–H and O–H groups in total. The van der Waals surface area contributed by atoms with Crippen molar-refractivity contribution in [2.75, 3.05) is 6.61 Å². The van der Waals surface area contributed by atoms with Crippen LogP contribution >= 0.6 is 0 Å². The van der Waals surface area contributed by atoms with E-state index in [1.807, 2.05) is 0 Å². The molecule has 0 amide bonds. The average Bonchev–Trinajstić information content (AvgIpc) is 2.42. The van der Waals surface area contributed by atoms with Gasteiger partial charge >= 0.3 is 0 Å². The van der Waals surface area contributed by atoms with Gasteiger partial charge in [-0.2, -0.15) is 0 Å². The Hall–Kier alpha value is -0.820. The van der Waals surface area contributed by atoms with Gasteiger partial charge in [-0.05, 0) is 79.4 Å². The molecule has 1 aliphatic rings. The van der Waals surface area contributed by atoms with Crippen LogP contribution in [-0.2, 0) is 6.42 Å². The highest BCUT2D eigenvalue weighted by molar-refractivity contribution is 5.30. The fourth-order valence-corrected chi connectivity index (χ4v) is 3.83. The minimum Gasteiger partial charge on any atom is -0.396 e. The van der Waals surface area contributed by atoms with Crippen LogP contribution in [0, 0.1) is 30.6 Å². The first-order chi connectivity index (χ1) is 9.76. The van der Waals surface area contributed by atoms with Crippen molar-refractivity contribution in [1.82, 2.24) is 0 Å². The molecule has 0 saturated heterocycles. The van der Waals surface area contributed by atoms with Gasteiger partial charge in [-0.3, -0.25) is 0 Å². The highest BCUT2D eigenvalue weighted by atomic mass is 16.3. The Bertz CT molecular complexity index is 473. The summed E-state index contributed by atoms with van der Waals surface area (Å²) in [7, 11) is 0. The maximum Gasteiger partial charge on any atom is 0.0490 e. The van der Waals surface area contributed by atoms with Crippen LogP contribution in [0.3, 0.4) is 0 Å². The van der Waals surface area contributed by atoms with E-state index in [0.717, 1.165) is 12.3 Å². The number of aliphatic hydroxyl groups excluding tert-OH is 1. The van der Waals surface area contributed by atoms with Crippen molar-refractivity contribution in [3.05, 3.63) is 34.9 Å². The molecule has 1 aromatic rings. The third-order valence-corrected chi connectivity index (χ3v) is 5.76. The van der Waals surface area contributed by atoms with E-state index in [1.165, 1.54) is 42.4 Å². The zero-order valence-electron chi connectivity index (χ0n) is 14.5. The first-order valence-corrected chi connectivity index (χ1v) is 8.43. The van der Waals surface area contributed by atoms with Gasteiger partial charge in [-0.1, -0.05) is 39.0 Å². The molecule has 0 radical (unpaired) electrons. The lowest BCUT2D eigenvalue weighted by Crippen LogP contribution is -2.36. The predicted molar refractivity (Wildman–Crippen MR) is 90.6 cm³/mol. The molecule has 1 saturated carbocycles. The summed E-state index contributed by atoms with van der Waals surface area (Å²) >= 11 is 0. The lowest BCUT2D eigenvalue weighted by atomic mass is 9.62. The van der Waals surface area contributed by atoms with Crippen molar-refractivity contribution in [3.63, 3.8) is 0 Å². The summed E-state index contributed by atoms with van der Waals surface area (Å²) < 4.78 is 0. The SMILES string of the molecule is Cc1ccc(CC2(CO)CCC(C(C)(C)C)CC2)cc1C. The molecule has 1 fully saturated rings. The van der Waals surface area contributed by atoms with Crippen LogP contribution in [0.4, 0.5) is 0 Å². The smallest absolute Gasteiger partial charge is 0.0490 e. The monoisotopic (exact) mass is 288 g/mol. The summed E-state index contributed by atoms with van der Waals surface area (Å²) in [5, 5.41) is 10.0. The molecular formula is C20H32O. The van der Waals surface area contributed by atoms with Crippen LogP contribution in [0.25, 0.3) is 0 Å². The van der Waals surface area contributed by atoms with E-state index in [2.05, 4.69) is 52.8 Å². The van der Waals surface area contributed by atoms with Crippen LogP contribution in [0.2, 0.25) is 0 Å². The van der Waals surface area contributed by atoms with Crippen molar-refractivity contribution < 1.29 is 5.11 Å². The van der Waals surface area contributed by atoms with Crippen molar-refractivity contribution in [2.24, 2.45) is 16.7 Å². The van der Waals surface area contributed by atoms with Crippen molar-refractivity contribution >= 4 is 0 Å². The topological polar surface area (TPSA) is 20.2 Å². The third kappa shape index (κ3) is 3.88. The van der Waals surface area contributed by atoms with Gasteiger partial charge in [0, 0.05) is 6.61 Å². The molecule has 1 aromatic carbocycles. The molecule has 2 rings (SSSR count). The van der Waals surface area contributed by atoms with Crippen molar-refractivity contribution in [2.45, 2.75) is 66.7 Å². The lowest BCUT2D eigenvalue weighted by molar-refractivity contribution is 0.0369. The second-order valence-corrected chi connectivity index (χ2v) is 8.39. The molecule has 1 nitrogen and oxygen atoms in total. The van der Waals surface area contributed by atoms with Gasteiger partial charge in [0.2, 0.25) is 0 Å². The number of aliphatic hydroxyl groups is 1. The summed E-state index contributed by atoms with van der Waals surface area (Å²) in [5.41, 5.74) is 4.63. The molecule has 1 aliphatic carbocycles. The number of benzene rings is 1. The van der Waals surface area contributed by atoms with Crippen LogP contribution in [0.5, 0.6) is 0 Å². The first kappa shape index (κ1) is 16.5. The molecule has 1 heteroatoms. The third-order valence-electron chi connectivity index (χ3n) is 5.76. The molecule has 0 aromatic heterocycles. The Labute approximate surface area is 130 Å². The summed E-state index contributed by atoms with van der Waals surface area (Å²) in [6, 6.07) is 6.77. The van der Waals surface area contributed by atoms with Crippen LogP contribution in [0.15, 0.2) is 18.2 Å².